The van der Waals surface area contributed by atoms with E-state index >= 15 is 0 Å². The number of hydrogen-bond acceptors (Lipinski definition) is 5. The van der Waals surface area contributed by atoms with E-state index < -0.39 is 5.97 Å². The van der Waals surface area contributed by atoms with Crippen LogP contribution in [0.2, 0.25) is 5.02 Å². The number of esters is 1. The first kappa shape index (κ1) is 23.3. The predicted octanol–water partition coefficient (Wildman–Crippen LogP) is 6.64. The molecular formula is C23H21BrClNO4S. The zero-order chi connectivity index (χ0) is 22.5. The highest BCUT2D eigenvalue weighted by molar-refractivity contribution is 9.10. The highest BCUT2D eigenvalue weighted by atomic mass is 79.9. The van der Waals surface area contributed by atoms with E-state index in [2.05, 4.69) is 21.2 Å². The largest absolute Gasteiger partial charge is 0.484 e. The van der Waals surface area contributed by atoms with Gasteiger partial charge in [-0.15, -0.1) is 11.3 Å². The summed E-state index contributed by atoms with van der Waals surface area (Å²) in [6.45, 7) is 5.62. The summed E-state index contributed by atoms with van der Waals surface area (Å²) in [4.78, 5) is 26.2. The second-order valence-electron chi connectivity index (χ2n) is 6.71. The Hall–Kier alpha value is -2.35. The van der Waals surface area contributed by atoms with Crippen LogP contribution in [0.3, 0.4) is 0 Å². The number of anilines is 1. The van der Waals surface area contributed by atoms with E-state index in [0.717, 1.165) is 26.0 Å². The molecule has 31 heavy (non-hydrogen) atoms. The average molecular weight is 523 g/mol. The highest BCUT2D eigenvalue weighted by Crippen LogP contribution is 2.40. The van der Waals surface area contributed by atoms with Crippen molar-refractivity contribution < 1.29 is 19.1 Å². The molecule has 0 aliphatic carbocycles. The van der Waals surface area contributed by atoms with Crippen LogP contribution in [0.15, 0.2) is 46.9 Å². The zero-order valence-electron chi connectivity index (χ0n) is 17.3. The lowest BCUT2D eigenvalue weighted by Gasteiger charge is -2.10. The molecule has 3 aromatic rings. The smallest absolute Gasteiger partial charge is 0.341 e. The van der Waals surface area contributed by atoms with Crippen molar-refractivity contribution in [3.8, 4) is 16.9 Å². The first-order valence-corrected chi connectivity index (χ1v) is 11.5. The molecular weight excluding hydrogens is 502 g/mol. The van der Waals surface area contributed by atoms with Crippen molar-refractivity contribution in [2.75, 3.05) is 18.5 Å². The van der Waals surface area contributed by atoms with Crippen LogP contribution >= 0.6 is 38.9 Å². The topological polar surface area (TPSA) is 64.6 Å². The van der Waals surface area contributed by atoms with Gasteiger partial charge in [0.15, 0.2) is 6.61 Å². The van der Waals surface area contributed by atoms with Crippen LogP contribution in [0, 0.1) is 13.8 Å². The van der Waals surface area contributed by atoms with Gasteiger partial charge in [-0.25, -0.2) is 4.79 Å². The minimum Gasteiger partial charge on any atom is -0.484 e. The molecule has 1 aromatic heterocycles. The SMILES string of the molecule is CCOC(=O)c1c(NC(=O)COc2ccc(Br)c(C)c2)sc(C)c1-c1ccc(Cl)cc1. The van der Waals surface area contributed by atoms with E-state index in [1.54, 1.807) is 25.1 Å². The number of carbonyl (C=O) groups is 2. The molecule has 0 saturated carbocycles. The van der Waals surface area contributed by atoms with Gasteiger partial charge < -0.3 is 14.8 Å². The number of thiophene rings is 1. The Labute approximate surface area is 198 Å². The van der Waals surface area contributed by atoms with Crippen molar-refractivity contribution in [1.29, 1.82) is 0 Å². The van der Waals surface area contributed by atoms with Gasteiger partial charge in [0, 0.05) is 19.9 Å². The second kappa shape index (κ2) is 10.3. The van der Waals surface area contributed by atoms with E-state index in [-0.39, 0.29) is 19.1 Å². The highest BCUT2D eigenvalue weighted by Gasteiger charge is 2.25. The van der Waals surface area contributed by atoms with Gasteiger partial charge >= 0.3 is 5.97 Å². The van der Waals surface area contributed by atoms with Crippen LogP contribution in [0.5, 0.6) is 5.75 Å². The molecule has 1 heterocycles. The normalized spacial score (nSPS) is 10.6. The summed E-state index contributed by atoms with van der Waals surface area (Å²) in [5.41, 5.74) is 2.88. The summed E-state index contributed by atoms with van der Waals surface area (Å²) < 4.78 is 11.8. The van der Waals surface area contributed by atoms with Gasteiger partial charge in [0.05, 0.1) is 6.61 Å². The first-order chi connectivity index (χ1) is 14.8. The lowest BCUT2D eigenvalue weighted by atomic mass is 10.0. The zero-order valence-corrected chi connectivity index (χ0v) is 20.4. The number of aryl methyl sites for hydroxylation is 2. The van der Waals surface area contributed by atoms with E-state index in [0.29, 0.717) is 21.3 Å². The Balaban J connectivity index is 1.85. The Morgan fingerprint density at radius 1 is 1.13 bits per heavy atom. The predicted molar refractivity (Wildman–Crippen MR) is 128 cm³/mol. The molecule has 1 amide bonds. The second-order valence-corrected chi connectivity index (χ2v) is 9.23. The molecule has 0 fully saturated rings. The van der Waals surface area contributed by atoms with Gasteiger partial charge in [0.1, 0.15) is 16.3 Å². The molecule has 0 aliphatic rings. The number of ether oxygens (including phenoxy) is 2. The maximum Gasteiger partial charge on any atom is 0.341 e. The third-order valence-electron chi connectivity index (χ3n) is 4.45. The standard InChI is InChI=1S/C23H21BrClNO4S/c1-4-29-23(28)21-20(15-5-7-16(25)8-6-15)14(3)31-22(21)26-19(27)12-30-17-9-10-18(24)13(2)11-17/h5-11H,4,12H2,1-3H3,(H,26,27). The number of hydrogen-bond donors (Lipinski definition) is 1. The molecule has 0 bridgehead atoms. The molecule has 3 rings (SSSR count). The van der Waals surface area contributed by atoms with Crippen LogP contribution < -0.4 is 10.1 Å². The number of rotatable bonds is 7. The van der Waals surface area contributed by atoms with Crippen molar-refractivity contribution in [2.45, 2.75) is 20.8 Å². The van der Waals surface area contributed by atoms with Gasteiger partial charge in [0.25, 0.3) is 5.91 Å². The summed E-state index contributed by atoms with van der Waals surface area (Å²) in [7, 11) is 0. The van der Waals surface area contributed by atoms with Crippen molar-refractivity contribution in [3.63, 3.8) is 0 Å². The molecule has 0 saturated heterocycles. The lowest BCUT2D eigenvalue weighted by molar-refractivity contribution is -0.118. The van der Waals surface area contributed by atoms with E-state index in [1.807, 2.05) is 38.1 Å². The molecule has 162 valence electrons. The quantitative estimate of drug-likeness (QED) is 0.353. The monoisotopic (exact) mass is 521 g/mol. The van der Waals surface area contributed by atoms with Gasteiger partial charge in [-0.3, -0.25) is 4.79 Å². The molecule has 0 unspecified atom stereocenters. The third-order valence-corrected chi connectivity index (χ3v) is 6.61. The summed E-state index contributed by atoms with van der Waals surface area (Å²) in [6.07, 6.45) is 0. The fraction of sp³-hybridized carbons (Fsp3) is 0.217. The minimum absolute atomic E-state index is 0.184. The van der Waals surface area contributed by atoms with Crippen LogP contribution in [-0.4, -0.2) is 25.1 Å². The Kier molecular flexibility index (Phi) is 7.75. The molecule has 5 nitrogen and oxygen atoms in total. The van der Waals surface area contributed by atoms with Crippen molar-refractivity contribution in [2.24, 2.45) is 0 Å². The number of nitrogens with one attached hydrogen (secondary N) is 1. The summed E-state index contributed by atoms with van der Waals surface area (Å²) in [5.74, 6) is -0.266. The van der Waals surface area contributed by atoms with Crippen molar-refractivity contribution in [3.05, 3.63) is 68.0 Å². The molecule has 8 heteroatoms. The van der Waals surface area contributed by atoms with Crippen LogP contribution in [0.1, 0.15) is 27.7 Å². The molecule has 1 N–H and O–H groups in total. The summed E-state index contributed by atoms with van der Waals surface area (Å²) >= 11 is 10.8. The van der Waals surface area contributed by atoms with E-state index in [9.17, 15) is 9.59 Å². The van der Waals surface area contributed by atoms with Gasteiger partial charge in [0.2, 0.25) is 0 Å². The Morgan fingerprint density at radius 2 is 1.84 bits per heavy atom. The fourth-order valence-corrected chi connectivity index (χ4v) is 4.47. The molecule has 2 aromatic carbocycles. The van der Waals surface area contributed by atoms with E-state index in [4.69, 9.17) is 21.1 Å². The van der Waals surface area contributed by atoms with Crippen molar-refractivity contribution in [1.82, 2.24) is 0 Å². The van der Waals surface area contributed by atoms with Crippen LogP contribution in [-0.2, 0) is 9.53 Å². The van der Waals surface area contributed by atoms with Crippen LogP contribution in [0.25, 0.3) is 11.1 Å². The van der Waals surface area contributed by atoms with Gasteiger partial charge in [-0.05, 0) is 62.2 Å². The average Bonchev–Trinajstić information content (AvgIpc) is 3.05. The van der Waals surface area contributed by atoms with Crippen LogP contribution in [0.4, 0.5) is 5.00 Å². The minimum atomic E-state index is -0.489. The molecule has 0 spiro atoms. The molecule has 0 aliphatic heterocycles. The van der Waals surface area contributed by atoms with Gasteiger partial charge in [-0.1, -0.05) is 39.7 Å². The summed E-state index contributed by atoms with van der Waals surface area (Å²) in [5, 5.41) is 3.84. The van der Waals surface area contributed by atoms with Gasteiger partial charge in [-0.2, -0.15) is 0 Å². The first-order valence-electron chi connectivity index (χ1n) is 9.55. The van der Waals surface area contributed by atoms with Crippen molar-refractivity contribution >= 4 is 55.7 Å². The number of carbonyl (C=O) groups excluding carboxylic acids is 2. The Bertz CT molecular complexity index is 1110. The molecule has 0 radical (unpaired) electrons. The number of halogens is 2. The summed E-state index contributed by atoms with van der Waals surface area (Å²) in [6, 6.07) is 12.7. The lowest BCUT2D eigenvalue weighted by Crippen LogP contribution is -2.21. The van der Waals surface area contributed by atoms with E-state index in [1.165, 1.54) is 11.3 Å². The third kappa shape index (κ3) is 5.67. The number of amides is 1. The Morgan fingerprint density at radius 3 is 2.48 bits per heavy atom. The number of benzene rings is 2. The fourth-order valence-electron chi connectivity index (χ4n) is 3.01. The maximum absolute atomic E-state index is 12.7. The maximum atomic E-state index is 12.7. The molecule has 0 atom stereocenters.